The molecule has 0 saturated carbocycles. The number of Topliss-reactive ketones (excluding diaryl/α,β-unsaturated/α-hetero) is 1. The van der Waals surface area contributed by atoms with E-state index in [1.807, 2.05) is 30.3 Å². The third-order valence-electron chi connectivity index (χ3n) is 5.90. The second-order valence-electron chi connectivity index (χ2n) is 7.73. The number of methoxy groups -OCH3 is 1. The fraction of sp³-hybridized carbons (Fsp3) is 0.192. The number of allylic oxidation sites excluding steroid dienone is 2. The Morgan fingerprint density at radius 1 is 1.00 bits per heavy atom. The Morgan fingerprint density at radius 2 is 1.72 bits per heavy atom. The van der Waals surface area contributed by atoms with E-state index in [0.29, 0.717) is 35.0 Å². The van der Waals surface area contributed by atoms with Gasteiger partial charge in [-0.3, -0.25) is 4.79 Å². The number of rotatable bonds is 4. The molecule has 5 rings (SSSR count). The summed E-state index contributed by atoms with van der Waals surface area (Å²) in [7, 11) is 1.62. The quantitative estimate of drug-likeness (QED) is 0.395. The van der Waals surface area contributed by atoms with Gasteiger partial charge in [-0.15, -0.1) is 0 Å². The zero-order valence-electron chi connectivity index (χ0n) is 17.7. The molecular formula is C26H21FO5. The number of fused-ring (bicyclic) bond motifs is 2. The number of hydrogen-bond acceptors (Lipinski definition) is 5. The maximum Gasteiger partial charge on any atom is 0.231 e. The van der Waals surface area contributed by atoms with Crippen LogP contribution in [-0.2, 0) is 0 Å². The summed E-state index contributed by atoms with van der Waals surface area (Å²) in [5.74, 6) is 2.09. The number of halogens is 1. The van der Waals surface area contributed by atoms with Crippen molar-refractivity contribution in [2.75, 3.05) is 13.9 Å². The van der Waals surface area contributed by atoms with Gasteiger partial charge in [0.15, 0.2) is 17.3 Å². The van der Waals surface area contributed by atoms with Crippen LogP contribution in [0.4, 0.5) is 4.39 Å². The van der Waals surface area contributed by atoms with Crippen molar-refractivity contribution in [1.82, 2.24) is 0 Å². The standard InChI is InChI=1S/C26H21FO5/c1-15(26(28)18-5-3-4-6-21(18)27)22-11-19(16-7-9-17(29-2)10-8-16)20-12-24-25(31-14-30-24)13-23(20)32-22/h3-10,12-13,19H,11,14H2,1-2H3/b22-15-/t19-/m0/s1. The number of ketones is 1. The first-order valence-electron chi connectivity index (χ1n) is 10.3. The molecule has 0 aromatic heterocycles. The molecule has 5 nitrogen and oxygen atoms in total. The van der Waals surface area contributed by atoms with E-state index in [-0.39, 0.29) is 18.3 Å². The highest BCUT2D eigenvalue weighted by Crippen LogP contribution is 2.48. The molecule has 2 heterocycles. The molecule has 3 aromatic carbocycles. The molecule has 2 aliphatic rings. The van der Waals surface area contributed by atoms with Crippen LogP contribution >= 0.6 is 0 Å². The van der Waals surface area contributed by atoms with Gasteiger partial charge in [-0.2, -0.15) is 0 Å². The number of carbonyl (C=O) groups is 1. The average molecular weight is 432 g/mol. The first-order valence-corrected chi connectivity index (χ1v) is 10.3. The van der Waals surface area contributed by atoms with Crippen LogP contribution in [0.3, 0.4) is 0 Å². The summed E-state index contributed by atoms with van der Waals surface area (Å²) in [5.41, 5.74) is 2.38. The van der Waals surface area contributed by atoms with E-state index in [1.165, 1.54) is 12.1 Å². The topological polar surface area (TPSA) is 54.0 Å². The van der Waals surface area contributed by atoms with Crippen LogP contribution in [0.15, 0.2) is 72.0 Å². The maximum atomic E-state index is 14.2. The van der Waals surface area contributed by atoms with Crippen molar-refractivity contribution in [3.05, 3.63) is 94.5 Å². The molecule has 0 bridgehead atoms. The molecule has 0 N–H and O–H groups in total. The van der Waals surface area contributed by atoms with Crippen molar-refractivity contribution in [2.24, 2.45) is 0 Å². The van der Waals surface area contributed by atoms with Crippen LogP contribution in [0.25, 0.3) is 0 Å². The number of benzene rings is 3. The molecule has 0 aliphatic carbocycles. The predicted molar refractivity (Wildman–Crippen MR) is 116 cm³/mol. The predicted octanol–water partition coefficient (Wildman–Crippen LogP) is 5.63. The van der Waals surface area contributed by atoms with E-state index in [2.05, 4.69) is 0 Å². The Balaban J connectivity index is 1.60. The minimum Gasteiger partial charge on any atom is -0.497 e. The molecule has 0 radical (unpaired) electrons. The van der Waals surface area contributed by atoms with Gasteiger partial charge in [-0.05, 0) is 42.8 Å². The van der Waals surface area contributed by atoms with Crippen LogP contribution in [0.2, 0.25) is 0 Å². The SMILES string of the molecule is COc1ccc([C@@H]2C/C(=C(\C)C(=O)c3ccccc3F)Oc3cc4c(cc32)OCO4)cc1. The molecule has 0 spiro atoms. The third kappa shape index (κ3) is 3.47. The molecule has 6 heteroatoms. The van der Waals surface area contributed by atoms with Gasteiger partial charge in [0.2, 0.25) is 6.79 Å². The molecule has 2 aliphatic heterocycles. The Kier molecular flexibility index (Phi) is 5.05. The summed E-state index contributed by atoms with van der Waals surface area (Å²) in [4.78, 5) is 13.1. The highest BCUT2D eigenvalue weighted by Gasteiger charge is 2.32. The smallest absolute Gasteiger partial charge is 0.231 e. The van der Waals surface area contributed by atoms with Crippen LogP contribution < -0.4 is 18.9 Å². The van der Waals surface area contributed by atoms with Gasteiger partial charge in [0.05, 0.1) is 12.7 Å². The highest BCUT2D eigenvalue weighted by molar-refractivity contribution is 6.08. The molecule has 3 aromatic rings. The lowest BCUT2D eigenvalue weighted by Gasteiger charge is -2.29. The van der Waals surface area contributed by atoms with Crippen LogP contribution in [-0.4, -0.2) is 19.7 Å². The van der Waals surface area contributed by atoms with Crippen molar-refractivity contribution in [1.29, 1.82) is 0 Å². The van der Waals surface area contributed by atoms with Crippen molar-refractivity contribution >= 4 is 5.78 Å². The minimum atomic E-state index is -0.552. The summed E-state index contributed by atoms with van der Waals surface area (Å²) < 4.78 is 36.8. The van der Waals surface area contributed by atoms with E-state index in [4.69, 9.17) is 18.9 Å². The van der Waals surface area contributed by atoms with Gasteiger partial charge in [0.1, 0.15) is 23.1 Å². The Bertz CT molecular complexity index is 1230. The number of hydrogen-bond donors (Lipinski definition) is 0. The average Bonchev–Trinajstić information content (AvgIpc) is 3.29. The van der Waals surface area contributed by atoms with Crippen molar-refractivity contribution in [2.45, 2.75) is 19.3 Å². The fourth-order valence-electron chi connectivity index (χ4n) is 4.11. The summed E-state index contributed by atoms with van der Waals surface area (Å²) in [6, 6.07) is 17.5. The molecule has 162 valence electrons. The highest BCUT2D eigenvalue weighted by atomic mass is 19.1. The van der Waals surface area contributed by atoms with Crippen molar-refractivity contribution in [3.63, 3.8) is 0 Å². The molecule has 1 atom stereocenters. The van der Waals surface area contributed by atoms with Gasteiger partial charge >= 0.3 is 0 Å². The van der Waals surface area contributed by atoms with Gasteiger partial charge in [-0.25, -0.2) is 4.39 Å². The monoisotopic (exact) mass is 432 g/mol. The van der Waals surface area contributed by atoms with E-state index in [1.54, 1.807) is 32.2 Å². The normalized spacial score (nSPS) is 17.9. The first-order chi connectivity index (χ1) is 15.5. The van der Waals surface area contributed by atoms with E-state index in [0.717, 1.165) is 16.9 Å². The summed E-state index contributed by atoms with van der Waals surface area (Å²) in [6.45, 7) is 1.83. The number of ether oxygens (including phenoxy) is 4. The lowest BCUT2D eigenvalue weighted by molar-refractivity contribution is 0.102. The maximum absolute atomic E-state index is 14.2. The van der Waals surface area contributed by atoms with Gasteiger partial charge in [0.25, 0.3) is 0 Å². The van der Waals surface area contributed by atoms with Crippen LogP contribution in [0.5, 0.6) is 23.0 Å². The van der Waals surface area contributed by atoms with Crippen molar-refractivity contribution in [3.8, 4) is 23.0 Å². The summed E-state index contributed by atoms with van der Waals surface area (Å²) >= 11 is 0. The third-order valence-corrected chi connectivity index (χ3v) is 5.90. The van der Waals surface area contributed by atoms with Gasteiger partial charge < -0.3 is 18.9 Å². The lowest BCUT2D eigenvalue weighted by atomic mass is 9.84. The molecular weight excluding hydrogens is 411 g/mol. The largest absolute Gasteiger partial charge is 0.497 e. The Morgan fingerprint density at radius 3 is 2.44 bits per heavy atom. The van der Waals surface area contributed by atoms with E-state index in [9.17, 15) is 9.18 Å². The van der Waals surface area contributed by atoms with Crippen LogP contribution in [0.1, 0.15) is 40.7 Å². The molecule has 0 fully saturated rings. The number of carbonyl (C=O) groups excluding carboxylic acids is 1. The zero-order valence-corrected chi connectivity index (χ0v) is 17.7. The zero-order chi connectivity index (χ0) is 22.2. The second-order valence-corrected chi connectivity index (χ2v) is 7.73. The minimum absolute atomic E-state index is 0.0265. The molecule has 0 amide bonds. The van der Waals surface area contributed by atoms with Crippen molar-refractivity contribution < 1.29 is 28.1 Å². The molecule has 0 unspecified atom stereocenters. The Hall–Kier alpha value is -3.80. The fourth-order valence-corrected chi connectivity index (χ4v) is 4.11. The summed E-state index contributed by atoms with van der Waals surface area (Å²) in [5, 5.41) is 0. The molecule has 0 saturated heterocycles. The van der Waals surface area contributed by atoms with Gasteiger partial charge in [-0.1, -0.05) is 24.3 Å². The summed E-state index contributed by atoms with van der Waals surface area (Å²) in [6.07, 6.45) is 0.449. The van der Waals surface area contributed by atoms with Crippen LogP contribution in [0, 0.1) is 5.82 Å². The van der Waals surface area contributed by atoms with E-state index < -0.39 is 11.6 Å². The van der Waals surface area contributed by atoms with E-state index >= 15 is 0 Å². The molecule has 32 heavy (non-hydrogen) atoms. The lowest BCUT2D eigenvalue weighted by Crippen LogP contribution is -2.18. The second kappa shape index (κ2) is 8.04. The Labute approximate surface area is 185 Å². The van der Waals surface area contributed by atoms with Gasteiger partial charge in [0, 0.05) is 29.5 Å². The first kappa shape index (κ1) is 20.1.